The van der Waals surface area contributed by atoms with Gasteiger partial charge in [0.15, 0.2) is 0 Å². The summed E-state index contributed by atoms with van der Waals surface area (Å²) in [6.45, 7) is 8.53. The summed E-state index contributed by atoms with van der Waals surface area (Å²) in [4.78, 5) is 11.5. The second kappa shape index (κ2) is 6.01. The van der Waals surface area contributed by atoms with Crippen molar-refractivity contribution in [2.24, 2.45) is 0 Å². The van der Waals surface area contributed by atoms with Gasteiger partial charge in [-0.05, 0) is 48.3 Å². The van der Waals surface area contributed by atoms with Gasteiger partial charge < -0.3 is 5.32 Å². The summed E-state index contributed by atoms with van der Waals surface area (Å²) in [5, 5.41) is 3.45. The van der Waals surface area contributed by atoms with E-state index in [1.54, 1.807) is 0 Å². The number of nitrogens with zero attached hydrogens (tertiary/aromatic N) is 2. The highest BCUT2D eigenvalue weighted by Gasteiger charge is 2.12. The summed E-state index contributed by atoms with van der Waals surface area (Å²) < 4.78 is 0.826. The minimum Gasteiger partial charge on any atom is -0.363 e. The summed E-state index contributed by atoms with van der Waals surface area (Å²) in [5.74, 6) is 1.72. The molecule has 1 atom stereocenters. The summed E-state index contributed by atoms with van der Waals surface area (Å²) in [5.41, 5.74) is 1.34. The molecule has 0 aliphatic rings. The lowest BCUT2D eigenvalue weighted by atomic mass is 10.1. The average Bonchev–Trinajstić information content (AvgIpc) is 2.67. The van der Waals surface area contributed by atoms with Crippen LogP contribution < -0.4 is 5.32 Å². The Kier molecular flexibility index (Phi) is 4.58. The molecule has 0 amide bonds. The zero-order chi connectivity index (χ0) is 14.0. The highest BCUT2D eigenvalue weighted by molar-refractivity contribution is 9.10. The maximum absolute atomic E-state index is 4.51. The topological polar surface area (TPSA) is 37.8 Å². The van der Waals surface area contributed by atoms with Crippen LogP contribution in [0.2, 0.25) is 0 Å². The molecule has 2 aromatic heterocycles. The van der Waals surface area contributed by atoms with E-state index in [1.165, 1.54) is 15.3 Å². The first-order chi connectivity index (χ1) is 8.99. The Balaban J connectivity index is 2.21. The van der Waals surface area contributed by atoms with Crippen LogP contribution in [0.25, 0.3) is 0 Å². The van der Waals surface area contributed by atoms with Crippen LogP contribution in [0.5, 0.6) is 0 Å². The number of anilines is 1. The molecule has 0 radical (unpaired) electrons. The van der Waals surface area contributed by atoms with Gasteiger partial charge in [-0.1, -0.05) is 6.92 Å². The molecule has 2 aromatic rings. The van der Waals surface area contributed by atoms with E-state index in [0.717, 1.165) is 22.7 Å². The third-order valence-electron chi connectivity index (χ3n) is 2.97. The predicted octanol–water partition coefficient (Wildman–Crippen LogP) is 4.65. The molecule has 19 heavy (non-hydrogen) atoms. The number of aryl methyl sites for hydroxylation is 3. The average molecular weight is 340 g/mol. The monoisotopic (exact) mass is 339 g/mol. The molecule has 0 spiro atoms. The van der Waals surface area contributed by atoms with E-state index in [2.05, 4.69) is 65.0 Å². The minimum atomic E-state index is 0.247. The third kappa shape index (κ3) is 3.54. The van der Waals surface area contributed by atoms with Gasteiger partial charge in [0.2, 0.25) is 0 Å². The largest absolute Gasteiger partial charge is 0.363 e. The number of nitrogens with one attached hydrogen (secondary N) is 1. The van der Waals surface area contributed by atoms with Gasteiger partial charge in [-0.3, -0.25) is 0 Å². The standard InChI is InChI=1S/C14H18BrN3S/c1-5-13-17-12(15)7-14(18-13)16-9(3)11-6-8(2)19-10(11)4/h6-7,9H,5H2,1-4H3,(H,16,17,18). The van der Waals surface area contributed by atoms with Crippen molar-refractivity contribution in [2.45, 2.75) is 40.2 Å². The van der Waals surface area contributed by atoms with Crippen molar-refractivity contribution < 1.29 is 0 Å². The lowest BCUT2D eigenvalue weighted by molar-refractivity contribution is 0.851. The first-order valence-electron chi connectivity index (χ1n) is 6.36. The predicted molar refractivity (Wildman–Crippen MR) is 84.9 cm³/mol. The number of hydrogen-bond donors (Lipinski definition) is 1. The molecule has 0 aliphatic carbocycles. The smallest absolute Gasteiger partial charge is 0.131 e. The van der Waals surface area contributed by atoms with Crippen LogP contribution in [0.1, 0.15) is 41.0 Å². The molecular formula is C14H18BrN3S. The van der Waals surface area contributed by atoms with Crippen LogP contribution in [-0.4, -0.2) is 9.97 Å². The molecule has 0 saturated carbocycles. The fraction of sp³-hybridized carbons (Fsp3) is 0.429. The zero-order valence-electron chi connectivity index (χ0n) is 11.6. The SMILES string of the molecule is CCc1nc(Br)cc(NC(C)c2cc(C)sc2C)n1. The van der Waals surface area contributed by atoms with E-state index in [9.17, 15) is 0 Å². The second-order valence-corrected chi connectivity index (χ2v) is 6.85. The van der Waals surface area contributed by atoms with Crippen molar-refractivity contribution in [1.29, 1.82) is 0 Å². The number of aromatic nitrogens is 2. The van der Waals surface area contributed by atoms with Crippen molar-refractivity contribution in [3.8, 4) is 0 Å². The van der Waals surface area contributed by atoms with Gasteiger partial charge >= 0.3 is 0 Å². The highest BCUT2D eigenvalue weighted by atomic mass is 79.9. The lowest BCUT2D eigenvalue weighted by Gasteiger charge is -2.15. The normalized spacial score (nSPS) is 12.5. The van der Waals surface area contributed by atoms with Crippen LogP contribution in [0.3, 0.4) is 0 Å². The quantitative estimate of drug-likeness (QED) is 0.823. The molecule has 0 aliphatic heterocycles. The Bertz CT molecular complexity index is 580. The molecule has 0 fully saturated rings. The molecule has 0 aromatic carbocycles. The van der Waals surface area contributed by atoms with Crippen LogP contribution in [0.4, 0.5) is 5.82 Å². The maximum atomic E-state index is 4.51. The summed E-state index contributed by atoms with van der Waals surface area (Å²) in [6, 6.07) is 4.41. The molecule has 1 unspecified atom stereocenters. The molecule has 0 saturated heterocycles. The molecule has 2 rings (SSSR count). The Morgan fingerprint density at radius 3 is 2.63 bits per heavy atom. The molecule has 2 heterocycles. The minimum absolute atomic E-state index is 0.247. The Labute approximate surface area is 126 Å². The Morgan fingerprint density at radius 1 is 1.32 bits per heavy atom. The lowest BCUT2D eigenvalue weighted by Crippen LogP contribution is -2.09. The molecular weight excluding hydrogens is 322 g/mol. The van der Waals surface area contributed by atoms with E-state index in [-0.39, 0.29) is 6.04 Å². The van der Waals surface area contributed by atoms with E-state index in [0.29, 0.717) is 0 Å². The zero-order valence-corrected chi connectivity index (χ0v) is 14.0. The number of halogens is 1. The molecule has 0 bridgehead atoms. The maximum Gasteiger partial charge on any atom is 0.131 e. The summed E-state index contributed by atoms with van der Waals surface area (Å²) in [7, 11) is 0. The van der Waals surface area contributed by atoms with Crippen molar-refractivity contribution in [3.63, 3.8) is 0 Å². The van der Waals surface area contributed by atoms with Gasteiger partial charge in [-0.25, -0.2) is 9.97 Å². The third-order valence-corrected chi connectivity index (χ3v) is 4.36. The van der Waals surface area contributed by atoms with E-state index < -0.39 is 0 Å². The van der Waals surface area contributed by atoms with Gasteiger partial charge in [-0.2, -0.15) is 0 Å². The first kappa shape index (κ1) is 14.5. The molecule has 102 valence electrons. The van der Waals surface area contributed by atoms with Crippen LogP contribution in [0, 0.1) is 13.8 Å². The fourth-order valence-electron chi connectivity index (χ4n) is 2.08. The summed E-state index contributed by atoms with van der Waals surface area (Å²) in [6.07, 6.45) is 0.832. The van der Waals surface area contributed by atoms with Gasteiger partial charge in [-0.15, -0.1) is 11.3 Å². The number of rotatable bonds is 4. The van der Waals surface area contributed by atoms with Crippen LogP contribution in [0.15, 0.2) is 16.7 Å². The molecule has 3 nitrogen and oxygen atoms in total. The van der Waals surface area contributed by atoms with Gasteiger partial charge in [0, 0.05) is 22.2 Å². The van der Waals surface area contributed by atoms with Gasteiger partial charge in [0.1, 0.15) is 16.2 Å². The Hall–Kier alpha value is -0.940. The van der Waals surface area contributed by atoms with Crippen molar-refractivity contribution in [2.75, 3.05) is 5.32 Å². The van der Waals surface area contributed by atoms with Crippen molar-refractivity contribution in [1.82, 2.24) is 9.97 Å². The van der Waals surface area contributed by atoms with E-state index >= 15 is 0 Å². The van der Waals surface area contributed by atoms with Gasteiger partial charge in [0.25, 0.3) is 0 Å². The number of thiophene rings is 1. The second-order valence-electron chi connectivity index (χ2n) is 4.58. The first-order valence-corrected chi connectivity index (χ1v) is 7.97. The molecule has 5 heteroatoms. The van der Waals surface area contributed by atoms with Gasteiger partial charge in [0.05, 0.1) is 6.04 Å². The Morgan fingerprint density at radius 2 is 2.05 bits per heavy atom. The van der Waals surface area contributed by atoms with Crippen LogP contribution in [-0.2, 0) is 6.42 Å². The van der Waals surface area contributed by atoms with Crippen LogP contribution >= 0.6 is 27.3 Å². The van der Waals surface area contributed by atoms with Crippen molar-refractivity contribution >= 4 is 33.1 Å². The fourth-order valence-corrected chi connectivity index (χ4v) is 3.52. The van der Waals surface area contributed by atoms with Crippen molar-refractivity contribution in [3.05, 3.63) is 37.9 Å². The van der Waals surface area contributed by atoms with E-state index in [4.69, 9.17) is 0 Å². The number of hydrogen-bond acceptors (Lipinski definition) is 4. The highest BCUT2D eigenvalue weighted by Crippen LogP contribution is 2.28. The van der Waals surface area contributed by atoms with E-state index in [1.807, 2.05) is 17.4 Å². The summed E-state index contributed by atoms with van der Waals surface area (Å²) >= 11 is 5.27. The molecule has 1 N–H and O–H groups in total.